The number of nitrogens with zero attached hydrogens (tertiary/aromatic N) is 3. The number of hydrogen-bond donors (Lipinski definition) is 1. The first-order chi connectivity index (χ1) is 11.2. The molecule has 1 amide bonds. The van der Waals surface area contributed by atoms with Gasteiger partial charge < -0.3 is 9.88 Å². The Morgan fingerprint density at radius 3 is 2.87 bits per heavy atom. The molecule has 0 atom stereocenters. The molecule has 3 heterocycles. The minimum atomic E-state index is 0.0868. The number of rotatable bonds is 3. The summed E-state index contributed by atoms with van der Waals surface area (Å²) in [5.41, 5.74) is 5.53. The summed E-state index contributed by atoms with van der Waals surface area (Å²) >= 11 is 0. The maximum Gasteiger partial charge on any atom is 0.328 e. The summed E-state index contributed by atoms with van der Waals surface area (Å²) in [6.45, 7) is 5.61. The van der Waals surface area contributed by atoms with Gasteiger partial charge in [-0.15, -0.1) is 0 Å². The summed E-state index contributed by atoms with van der Waals surface area (Å²) in [5.74, 6) is 0. The Balaban J connectivity index is 1.64. The lowest BCUT2D eigenvalue weighted by Gasteiger charge is -2.29. The highest BCUT2D eigenvalue weighted by atomic mass is 16.2. The van der Waals surface area contributed by atoms with E-state index in [0.717, 1.165) is 42.0 Å². The first-order valence-corrected chi connectivity index (χ1v) is 8.04. The number of aromatic amines is 1. The van der Waals surface area contributed by atoms with E-state index in [1.54, 1.807) is 6.33 Å². The van der Waals surface area contributed by atoms with Gasteiger partial charge in [0.1, 0.15) is 0 Å². The van der Waals surface area contributed by atoms with Gasteiger partial charge in [-0.3, -0.25) is 4.57 Å². The molecule has 4 rings (SSSR count). The molecule has 0 unspecified atom stereocenters. The van der Waals surface area contributed by atoms with Crippen molar-refractivity contribution in [1.29, 1.82) is 0 Å². The molecule has 0 bridgehead atoms. The molecule has 0 spiro atoms. The van der Waals surface area contributed by atoms with Crippen LogP contribution < -0.4 is 0 Å². The third-order valence-electron chi connectivity index (χ3n) is 4.88. The van der Waals surface area contributed by atoms with Crippen molar-refractivity contribution in [2.24, 2.45) is 0 Å². The molecule has 0 saturated carbocycles. The number of aromatic nitrogens is 3. The normalized spacial score (nSPS) is 14.5. The van der Waals surface area contributed by atoms with Crippen molar-refractivity contribution in [2.75, 3.05) is 13.1 Å². The summed E-state index contributed by atoms with van der Waals surface area (Å²) < 4.78 is 1.89. The number of para-hydroxylation sites is 1. The molecule has 118 valence electrons. The monoisotopic (exact) mass is 308 g/mol. The van der Waals surface area contributed by atoms with Crippen LogP contribution in [0.5, 0.6) is 0 Å². The summed E-state index contributed by atoms with van der Waals surface area (Å²) in [6, 6.07) is 8.24. The van der Waals surface area contributed by atoms with E-state index in [-0.39, 0.29) is 6.03 Å². The molecule has 23 heavy (non-hydrogen) atoms. The van der Waals surface area contributed by atoms with Crippen molar-refractivity contribution < 1.29 is 4.79 Å². The first-order valence-electron chi connectivity index (χ1n) is 8.04. The fraction of sp³-hybridized carbons (Fsp3) is 0.333. The molecule has 5 nitrogen and oxygen atoms in total. The van der Waals surface area contributed by atoms with Gasteiger partial charge in [-0.25, -0.2) is 9.78 Å². The maximum absolute atomic E-state index is 12.9. The van der Waals surface area contributed by atoms with E-state index >= 15 is 0 Å². The van der Waals surface area contributed by atoms with Gasteiger partial charge in [0.15, 0.2) is 0 Å². The minimum Gasteiger partial charge on any atom is -0.348 e. The molecular weight excluding hydrogens is 288 g/mol. The molecule has 0 saturated heterocycles. The van der Waals surface area contributed by atoms with Gasteiger partial charge in [-0.05, 0) is 25.5 Å². The summed E-state index contributed by atoms with van der Waals surface area (Å²) in [7, 11) is 0. The van der Waals surface area contributed by atoms with Crippen LogP contribution in [-0.2, 0) is 12.8 Å². The molecular formula is C18H20N4O. The Kier molecular flexibility index (Phi) is 3.22. The van der Waals surface area contributed by atoms with Gasteiger partial charge >= 0.3 is 6.03 Å². The number of carbonyl (C=O) groups is 1. The molecule has 1 N–H and O–H groups in total. The van der Waals surface area contributed by atoms with E-state index in [0.29, 0.717) is 6.54 Å². The summed E-state index contributed by atoms with van der Waals surface area (Å²) in [5, 5.41) is 1.18. The number of benzene rings is 1. The van der Waals surface area contributed by atoms with E-state index in [1.807, 2.05) is 34.6 Å². The van der Waals surface area contributed by atoms with Crippen LogP contribution in [0, 0.1) is 13.8 Å². The lowest BCUT2D eigenvalue weighted by atomic mass is 10.1. The van der Waals surface area contributed by atoms with Crippen molar-refractivity contribution in [1.82, 2.24) is 19.4 Å². The molecule has 1 aliphatic heterocycles. The highest BCUT2D eigenvalue weighted by Gasteiger charge is 2.27. The van der Waals surface area contributed by atoms with Crippen molar-refractivity contribution in [3.8, 4) is 0 Å². The SMILES string of the molecule is Cc1[nH]cnc1CCN1CCc2c(C)c3ccccc3n2C1=O. The second kappa shape index (κ2) is 5.26. The number of imidazole rings is 1. The summed E-state index contributed by atoms with van der Waals surface area (Å²) in [6.07, 6.45) is 3.41. The van der Waals surface area contributed by atoms with Gasteiger partial charge in [0.05, 0.1) is 17.5 Å². The smallest absolute Gasteiger partial charge is 0.328 e. The van der Waals surface area contributed by atoms with E-state index < -0.39 is 0 Å². The number of H-pyrrole nitrogens is 1. The largest absolute Gasteiger partial charge is 0.348 e. The molecule has 2 aromatic heterocycles. The van der Waals surface area contributed by atoms with Crippen LogP contribution >= 0.6 is 0 Å². The Hall–Kier alpha value is -2.56. The zero-order valence-corrected chi connectivity index (χ0v) is 13.5. The number of carbonyl (C=O) groups excluding carboxylic acids is 1. The van der Waals surface area contributed by atoms with Crippen molar-refractivity contribution >= 4 is 16.9 Å². The Bertz CT molecular complexity index is 890. The fourth-order valence-corrected chi connectivity index (χ4v) is 3.54. The average Bonchev–Trinajstić information content (AvgIpc) is 3.10. The minimum absolute atomic E-state index is 0.0868. The highest BCUT2D eigenvalue weighted by Crippen LogP contribution is 2.29. The Labute approximate surface area is 134 Å². The van der Waals surface area contributed by atoms with Gasteiger partial charge in [0.2, 0.25) is 0 Å². The van der Waals surface area contributed by atoms with Crippen LogP contribution in [0.15, 0.2) is 30.6 Å². The van der Waals surface area contributed by atoms with Crippen LogP contribution in [0.2, 0.25) is 0 Å². The van der Waals surface area contributed by atoms with E-state index in [1.165, 1.54) is 10.9 Å². The third-order valence-corrected chi connectivity index (χ3v) is 4.88. The second-order valence-corrected chi connectivity index (χ2v) is 6.17. The molecule has 3 aromatic rings. The van der Waals surface area contributed by atoms with Gasteiger partial charge in [-0.1, -0.05) is 18.2 Å². The van der Waals surface area contributed by atoms with Crippen LogP contribution in [-0.4, -0.2) is 38.6 Å². The standard InChI is InChI=1S/C18H20N4O/c1-12-14-5-3-4-6-17(14)22-16(12)8-10-21(18(22)23)9-7-15-13(2)19-11-20-15/h3-6,11H,7-10H2,1-2H3,(H,19,20). The van der Waals surface area contributed by atoms with E-state index in [4.69, 9.17) is 0 Å². The van der Waals surface area contributed by atoms with Crippen LogP contribution in [0.3, 0.4) is 0 Å². The molecule has 1 aromatic carbocycles. The predicted octanol–water partition coefficient (Wildman–Crippen LogP) is 3.05. The highest BCUT2D eigenvalue weighted by molar-refractivity contribution is 5.96. The molecule has 5 heteroatoms. The number of aryl methyl sites for hydroxylation is 2. The number of amides is 1. The fourth-order valence-electron chi connectivity index (χ4n) is 3.54. The predicted molar refractivity (Wildman–Crippen MR) is 89.8 cm³/mol. The Morgan fingerprint density at radius 2 is 2.09 bits per heavy atom. The number of nitrogens with one attached hydrogen (secondary N) is 1. The molecule has 0 radical (unpaired) electrons. The van der Waals surface area contributed by atoms with Crippen LogP contribution in [0.4, 0.5) is 4.79 Å². The quantitative estimate of drug-likeness (QED) is 0.808. The molecule has 0 fully saturated rings. The van der Waals surface area contributed by atoms with Crippen molar-refractivity contribution in [3.05, 3.63) is 53.2 Å². The number of fused-ring (bicyclic) bond motifs is 3. The summed E-state index contributed by atoms with van der Waals surface area (Å²) in [4.78, 5) is 22.3. The lowest BCUT2D eigenvalue weighted by molar-refractivity contribution is 0.194. The van der Waals surface area contributed by atoms with E-state index in [2.05, 4.69) is 23.0 Å². The van der Waals surface area contributed by atoms with Gasteiger partial charge in [-0.2, -0.15) is 0 Å². The lowest BCUT2D eigenvalue weighted by Crippen LogP contribution is -2.42. The maximum atomic E-state index is 12.9. The van der Waals surface area contributed by atoms with Crippen molar-refractivity contribution in [2.45, 2.75) is 26.7 Å². The van der Waals surface area contributed by atoms with Crippen molar-refractivity contribution in [3.63, 3.8) is 0 Å². The first kappa shape index (κ1) is 14.1. The zero-order chi connectivity index (χ0) is 16.0. The Morgan fingerprint density at radius 1 is 1.26 bits per heavy atom. The molecule has 0 aliphatic carbocycles. The number of hydrogen-bond acceptors (Lipinski definition) is 2. The zero-order valence-electron chi connectivity index (χ0n) is 13.5. The van der Waals surface area contributed by atoms with Gasteiger partial charge in [0, 0.05) is 42.7 Å². The van der Waals surface area contributed by atoms with Gasteiger partial charge in [0.25, 0.3) is 0 Å². The second-order valence-electron chi connectivity index (χ2n) is 6.17. The van der Waals surface area contributed by atoms with Crippen LogP contribution in [0.25, 0.3) is 10.9 Å². The van der Waals surface area contributed by atoms with Crippen LogP contribution in [0.1, 0.15) is 22.6 Å². The third kappa shape index (κ3) is 2.15. The molecule has 1 aliphatic rings. The average molecular weight is 308 g/mol. The van der Waals surface area contributed by atoms with E-state index in [9.17, 15) is 4.79 Å². The topological polar surface area (TPSA) is 53.9 Å².